The standard InChI is InChI=1S/C70H82F2N14O13S2/c1-70-18-5-20-86(70)68(98)58(23-39-9-13-48(87)14-10-39)84-66(96)56(29-47-33-75-38-79-47)82-67(97)57(30-61(90)91)83-65(95)55(26-44-32-77-53-16-12-46(72)28-51(44)53)81-64(94)54(25-43-31-76-52-15-11-45(71)27-50(43)52)80-60(89)34-78-63(93)42(8-2-3-19-73)24-49(88)17-21-100-35-40-6-4-7-41(22-40)36-101-37-59(62(74)92)85-69(70)99/h4,6-7,9-16,22,27-28,31-33,38,42,54-59,76-77,87H,2-3,5,8,17-21,23-26,29-30,34-37,73H2,1H3,(H2,74,92)(H,75,79)(H,78,93)(H,80,89)(H,81,94)(H,82,97)(H,83,95)(H,84,96)(H,85,99)(H,90,91)/t42-,54+,55+,56+,57+,58+,59+,70+/m1/s1. The first kappa shape index (κ1) is 75.1. The lowest BCUT2D eigenvalue weighted by Crippen LogP contribution is -2.63. The number of fused-ring (bicyclic) bond motifs is 5. The van der Waals surface area contributed by atoms with Gasteiger partial charge in [0.25, 0.3) is 0 Å². The number of thioether (sulfide) groups is 2. The number of phenols is 1. The third-order valence-corrected chi connectivity index (χ3v) is 20.0. The Labute approximate surface area is 587 Å². The minimum absolute atomic E-state index is 0.0182. The van der Waals surface area contributed by atoms with Crippen LogP contribution in [0.4, 0.5) is 8.78 Å². The van der Waals surface area contributed by atoms with E-state index in [1.165, 1.54) is 121 Å². The van der Waals surface area contributed by atoms with Crippen LogP contribution in [0.2, 0.25) is 0 Å². The van der Waals surface area contributed by atoms with Crippen molar-refractivity contribution < 1.29 is 71.7 Å². The van der Waals surface area contributed by atoms with Crippen molar-refractivity contribution in [2.45, 2.75) is 137 Å². The number of rotatable bonds is 15. The van der Waals surface area contributed by atoms with E-state index in [-0.39, 0.29) is 85.4 Å². The van der Waals surface area contributed by atoms with Gasteiger partial charge in [0.2, 0.25) is 53.2 Å². The molecule has 16 N–H and O–H groups in total. The Kier molecular flexibility index (Phi) is 26.2. The van der Waals surface area contributed by atoms with Crippen molar-refractivity contribution in [3.8, 4) is 5.75 Å². The molecule has 0 spiro atoms. The van der Waals surface area contributed by atoms with Crippen LogP contribution in [0, 0.1) is 17.6 Å². The first-order valence-electron chi connectivity index (χ1n) is 33.1. The number of carboxylic acids is 1. The maximum absolute atomic E-state index is 15.2. The number of aromatic amines is 3. The summed E-state index contributed by atoms with van der Waals surface area (Å²) in [6.45, 7) is 1.16. The minimum atomic E-state index is -2.04. The fraction of sp³-hybridized carbons (Fsp3) is 0.400. The van der Waals surface area contributed by atoms with Gasteiger partial charge in [-0.05, 0) is 115 Å². The number of aliphatic carboxylic acids is 1. The first-order valence-corrected chi connectivity index (χ1v) is 35.4. The van der Waals surface area contributed by atoms with Crippen LogP contribution >= 0.6 is 23.5 Å². The number of benzene rings is 4. The van der Waals surface area contributed by atoms with E-state index in [1.54, 1.807) is 0 Å². The van der Waals surface area contributed by atoms with Gasteiger partial charge in [-0.2, -0.15) is 23.5 Å². The molecule has 0 radical (unpaired) electrons. The zero-order chi connectivity index (χ0) is 72.3. The van der Waals surface area contributed by atoms with E-state index >= 15 is 19.2 Å². The van der Waals surface area contributed by atoms with E-state index in [0.717, 1.165) is 11.1 Å². The molecule has 2 aliphatic heterocycles. The number of nitrogens with zero attached hydrogens (tertiary/aromatic N) is 2. The average Bonchev–Trinajstić information content (AvgIpc) is 1.70. The predicted octanol–water partition coefficient (Wildman–Crippen LogP) is 3.27. The predicted molar refractivity (Wildman–Crippen MR) is 373 cm³/mol. The van der Waals surface area contributed by atoms with Gasteiger partial charge < -0.3 is 78.7 Å². The number of nitrogens with two attached hydrogens (primary N) is 2. The molecule has 31 heteroatoms. The molecule has 9 rings (SSSR count). The Hall–Kier alpha value is -10.1. The summed E-state index contributed by atoms with van der Waals surface area (Å²) >= 11 is 2.83. The molecule has 2 aliphatic rings. The monoisotopic (exact) mass is 1430 g/mol. The van der Waals surface area contributed by atoms with Gasteiger partial charge in [0.05, 0.1) is 19.3 Å². The normalized spacial score (nSPS) is 22.8. The molecule has 0 aliphatic carbocycles. The summed E-state index contributed by atoms with van der Waals surface area (Å²) in [5, 5.41) is 39.5. The number of unbranched alkanes of at least 4 members (excludes halogenated alkanes) is 1. The summed E-state index contributed by atoms with van der Waals surface area (Å²) in [5.41, 5.74) is 14.1. The second kappa shape index (κ2) is 35.3. The smallest absolute Gasteiger partial charge is 0.305 e. The molecule has 8 atom stereocenters. The number of carboxylic acid groups (broad SMARTS) is 1. The van der Waals surface area contributed by atoms with Crippen molar-refractivity contribution >= 4 is 110 Å². The molecular weight excluding hydrogens is 1350 g/mol. The number of aromatic hydroxyl groups is 1. The molecular formula is C70H82F2N14O13S2. The van der Waals surface area contributed by atoms with Gasteiger partial charge in [-0.1, -0.05) is 42.8 Å². The first-order chi connectivity index (χ1) is 48.4. The van der Waals surface area contributed by atoms with E-state index in [2.05, 4.69) is 57.2 Å². The number of amides is 9. The van der Waals surface area contributed by atoms with Crippen LogP contribution in [0.1, 0.15) is 91.8 Å². The van der Waals surface area contributed by atoms with Crippen molar-refractivity contribution in [3.63, 3.8) is 0 Å². The number of nitrogens with one attached hydrogen (secondary N) is 10. The van der Waals surface area contributed by atoms with Crippen LogP contribution < -0.4 is 48.7 Å². The lowest BCUT2D eigenvalue weighted by atomic mass is 9.94. The number of hydrogen-bond acceptors (Lipinski definition) is 16. The quantitative estimate of drug-likeness (QED) is 0.0655. The van der Waals surface area contributed by atoms with Crippen molar-refractivity contribution in [1.82, 2.24) is 62.1 Å². The van der Waals surface area contributed by atoms with Gasteiger partial charge in [0.1, 0.15) is 65.0 Å². The SMILES string of the molecule is C[C@@]12CCCN1C(=O)[C@H](Cc1ccc(O)cc1)NC(=O)[C@H](Cc1cnc[nH]1)NC(=O)[C@H](CC(=O)O)NC(=O)[C@H](Cc1c[nH]c3ccc(F)cc13)NC(=O)[C@H](Cc1c[nH]c3ccc(F)cc13)NC(=O)CNC(=O)[C@H](CCCCN)CC(=O)CCSCc1cccc(c1)CSC[C@@H](C(N)=O)NC2=O. The highest BCUT2D eigenvalue weighted by atomic mass is 32.2. The van der Waals surface area contributed by atoms with Crippen molar-refractivity contribution in [3.05, 3.63) is 155 Å². The largest absolute Gasteiger partial charge is 0.508 e. The average molecular weight is 1430 g/mol. The second-order valence-corrected chi connectivity index (χ2v) is 27.5. The molecule has 4 aromatic carbocycles. The van der Waals surface area contributed by atoms with Gasteiger partial charge >= 0.3 is 5.97 Å². The number of aromatic nitrogens is 4. The zero-order valence-corrected chi connectivity index (χ0v) is 57.0. The van der Waals surface area contributed by atoms with Crippen molar-refractivity contribution in [2.75, 3.05) is 31.1 Å². The van der Waals surface area contributed by atoms with E-state index in [9.17, 15) is 52.6 Å². The summed E-state index contributed by atoms with van der Waals surface area (Å²) in [5.74, 6) is -11.0. The fourth-order valence-corrected chi connectivity index (χ4v) is 14.3. The number of Topliss-reactive ketones (excluding diaryl/α,β-unsaturated/α-hetero) is 1. The third kappa shape index (κ3) is 20.7. The van der Waals surface area contributed by atoms with Gasteiger partial charge in [0.15, 0.2) is 0 Å². The molecule has 101 heavy (non-hydrogen) atoms. The number of halogens is 2. The number of hydrogen-bond donors (Lipinski definition) is 14. The molecule has 3 aromatic heterocycles. The lowest BCUT2D eigenvalue weighted by Gasteiger charge is -2.37. The number of ketones is 1. The molecule has 536 valence electrons. The number of phenolic OH excluding ortho intramolecular Hbond substituents is 1. The fourth-order valence-electron chi connectivity index (χ4n) is 12.4. The van der Waals surface area contributed by atoms with E-state index in [1.807, 2.05) is 24.3 Å². The Balaban J connectivity index is 1.06. The number of carbonyl (C=O) groups excluding carboxylic acids is 10. The summed E-state index contributed by atoms with van der Waals surface area (Å²) in [7, 11) is 0. The molecule has 9 amide bonds. The van der Waals surface area contributed by atoms with E-state index in [0.29, 0.717) is 70.6 Å². The number of primary amides is 1. The minimum Gasteiger partial charge on any atom is -0.508 e. The van der Waals surface area contributed by atoms with E-state index < -0.39 is 138 Å². The van der Waals surface area contributed by atoms with Gasteiger partial charge in [0, 0.05) is 120 Å². The Morgan fingerprint density at radius 1 is 0.683 bits per heavy atom. The highest BCUT2D eigenvalue weighted by Gasteiger charge is 2.49. The number of carbonyl (C=O) groups is 11. The van der Waals surface area contributed by atoms with E-state index in [4.69, 9.17) is 11.5 Å². The van der Waals surface area contributed by atoms with Crippen LogP contribution in [0.15, 0.2) is 110 Å². The maximum atomic E-state index is 15.2. The molecule has 1 saturated heterocycles. The topological polar surface area (TPSA) is 428 Å². The van der Waals surface area contributed by atoms with Crippen LogP contribution in [-0.2, 0) is 89.9 Å². The van der Waals surface area contributed by atoms with Crippen molar-refractivity contribution in [2.24, 2.45) is 17.4 Å². The molecule has 0 saturated carbocycles. The van der Waals surface area contributed by atoms with Crippen LogP contribution in [0.5, 0.6) is 5.75 Å². The maximum Gasteiger partial charge on any atom is 0.305 e. The molecule has 2 bridgehead atoms. The Bertz CT molecular complexity index is 4160. The molecule has 0 unspecified atom stereocenters. The second-order valence-electron chi connectivity index (χ2n) is 25.4. The van der Waals surface area contributed by atoms with Gasteiger partial charge in [-0.3, -0.25) is 52.7 Å². The molecule has 5 heterocycles. The summed E-state index contributed by atoms with van der Waals surface area (Å²) in [4.78, 5) is 172. The summed E-state index contributed by atoms with van der Waals surface area (Å²) in [6.07, 6.45) is 4.66. The zero-order valence-electron chi connectivity index (χ0n) is 55.4. The Morgan fingerprint density at radius 3 is 1.88 bits per heavy atom. The van der Waals surface area contributed by atoms with Gasteiger partial charge in [-0.15, -0.1) is 0 Å². The number of imidazole rings is 1. The molecule has 7 aromatic rings. The van der Waals surface area contributed by atoms with Crippen LogP contribution in [0.25, 0.3) is 21.8 Å². The highest BCUT2D eigenvalue weighted by Crippen LogP contribution is 2.32. The van der Waals surface area contributed by atoms with Crippen LogP contribution in [-0.4, -0.2) is 173 Å². The number of H-pyrrole nitrogens is 3. The summed E-state index contributed by atoms with van der Waals surface area (Å²) < 4.78 is 29.8. The van der Waals surface area contributed by atoms with Crippen molar-refractivity contribution in [1.29, 1.82) is 0 Å². The molecule has 27 nitrogen and oxygen atoms in total. The van der Waals surface area contributed by atoms with Crippen LogP contribution in [0.3, 0.4) is 0 Å². The summed E-state index contributed by atoms with van der Waals surface area (Å²) in [6, 6.07) is 11.2. The lowest BCUT2D eigenvalue weighted by molar-refractivity contribution is -0.147. The van der Waals surface area contributed by atoms with Gasteiger partial charge in [-0.25, -0.2) is 13.8 Å². The molecule has 1 fully saturated rings. The highest BCUT2D eigenvalue weighted by molar-refractivity contribution is 7.98. The third-order valence-electron chi connectivity index (χ3n) is 17.9. The Morgan fingerprint density at radius 2 is 1.28 bits per heavy atom.